The average molecular weight is 479 g/mol. The van der Waals surface area contributed by atoms with Crippen molar-refractivity contribution < 1.29 is 14.3 Å². The number of hydrogen-bond donors (Lipinski definition) is 1. The number of hydrogen-bond acceptors (Lipinski definition) is 3. The fourth-order valence-corrected chi connectivity index (χ4v) is 3.60. The van der Waals surface area contributed by atoms with Gasteiger partial charge in [0, 0.05) is 12.6 Å². The molecule has 2 aromatic carbocycles. The van der Waals surface area contributed by atoms with Gasteiger partial charge in [-0.15, -0.1) is 0 Å². The molecule has 7 heteroatoms. The van der Waals surface area contributed by atoms with E-state index in [9.17, 15) is 9.59 Å². The summed E-state index contributed by atoms with van der Waals surface area (Å²) >= 11 is 12.2. The Balaban J connectivity index is 2.28. The molecular formula is C25H32Cl2N2O3. The molecule has 0 spiro atoms. The second kappa shape index (κ2) is 12.1. The SMILES string of the molecule is CC[C@H](C)NC(=O)[C@H](CC)N(Cc1ccc(Cl)c(Cl)c1)C(=O)COc1cc(C)ccc1C. The monoisotopic (exact) mass is 478 g/mol. The van der Waals surface area contributed by atoms with Crippen LogP contribution in [0.15, 0.2) is 36.4 Å². The van der Waals surface area contributed by atoms with E-state index in [1.807, 2.05) is 52.8 Å². The second-order valence-corrected chi connectivity index (χ2v) is 8.88. The van der Waals surface area contributed by atoms with Gasteiger partial charge in [0.15, 0.2) is 6.61 Å². The third kappa shape index (κ3) is 7.14. The van der Waals surface area contributed by atoms with Gasteiger partial charge in [0.1, 0.15) is 11.8 Å². The van der Waals surface area contributed by atoms with Gasteiger partial charge < -0.3 is 15.0 Å². The third-order valence-electron chi connectivity index (χ3n) is 5.42. The molecule has 5 nitrogen and oxygen atoms in total. The summed E-state index contributed by atoms with van der Waals surface area (Å²) < 4.78 is 5.85. The highest BCUT2D eigenvalue weighted by Crippen LogP contribution is 2.24. The quantitative estimate of drug-likeness (QED) is 0.475. The molecular weight excluding hydrogens is 447 g/mol. The number of carbonyl (C=O) groups excluding carboxylic acids is 2. The average Bonchev–Trinajstić information content (AvgIpc) is 2.76. The van der Waals surface area contributed by atoms with Gasteiger partial charge in [-0.2, -0.15) is 0 Å². The van der Waals surface area contributed by atoms with Gasteiger partial charge in [-0.05, 0) is 68.5 Å². The first-order valence-electron chi connectivity index (χ1n) is 10.9. The van der Waals surface area contributed by atoms with E-state index in [0.717, 1.165) is 23.1 Å². The number of amides is 2. The van der Waals surface area contributed by atoms with Gasteiger partial charge in [-0.25, -0.2) is 0 Å². The Kier molecular flexibility index (Phi) is 9.85. The van der Waals surface area contributed by atoms with Gasteiger partial charge in [0.2, 0.25) is 5.91 Å². The topological polar surface area (TPSA) is 58.6 Å². The van der Waals surface area contributed by atoms with Crippen LogP contribution in [0.2, 0.25) is 10.0 Å². The van der Waals surface area contributed by atoms with Crippen LogP contribution in [0, 0.1) is 13.8 Å². The molecule has 0 radical (unpaired) electrons. The van der Waals surface area contributed by atoms with Gasteiger partial charge in [-0.1, -0.05) is 55.2 Å². The lowest BCUT2D eigenvalue weighted by Crippen LogP contribution is -2.51. The maximum Gasteiger partial charge on any atom is 0.261 e. The summed E-state index contributed by atoms with van der Waals surface area (Å²) in [7, 11) is 0. The van der Waals surface area contributed by atoms with Gasteiger partial charge in [0.25, 0.3) is 5.91 Å². The summed E-state index contributed by atoms with van der Waals surface area (Å²) in [6.45, 7) is 9.79. The Morgan fingerprint density at radius 2 is 1.75 bits per heavy atom. The van der Waals surface area contributed by atoms with Crippen molar-refractivity contribution in [2.45, 2.75) is 66.1 Å². The van der Waals surface area contributed by atoms with E-state index in [2.05, 4.69) is 5.32 Å². The van der Waals surface area contributed by atoms with Crippen molar-refractivity contribution in [2.75, 3.05) is 6.61 Å². The lowest BCUT2D eigenvalue weighted by molar-refractivity contribution is -0.143. The maximum atomic E-state index is 13.3. The van der Waals surface area contributed by atoms with Crippen molar-refractivity contribution in [2.24, 2.45) is 0 Å². The minimum absolute atomic E-state index is 0.0182. The molecule has 174 valence electrons. The molecule has 1 N–H and O–H groups in total. The summed E-state index contributed by atoms with van der Waals surface area (Å²) in [6.07, 6.45) is 1.28. The number of ether oxygens (including phenoxy) is 1. The van der Waals surface area contributed by atoms with E-state index in [4.69, 9.17) is 27.9 Å². The number of rotatable bonds is 10. The van der Waals surface area contributed by atoms with Crippen molar-refractivity contribution in [1.82, 2.24) is 10.2 Å². The zero-order chi connectivity index (χ0) is 23.8. The van der Waals surface area contributed by atoms with Gasteiger partial charge in [0.05, 0.1) is 10.0 Å². The summed E-state index contributed by atoms with van der Waals surface area (Å²) in [5.74, 6) is 0.204. The van der Waals surface area contributed by atoms with Crippen molar-refractivity contribution in [3.63, 3.8) is 0 Å². The number of aryl methyl sites for hydroxylation is 2. The van der Waals surface area contributed by atoms with Crippen LogP contribution in [0.4, 0.5) is 0 Å². The van der Waals surface area contributed by atoms with Crippen LogP contribution in [0.1, 0.15) is 50.3 Å². The van der Waals surface area contributed by atoms with E-state index in [1.54, 1.807) is 23.1 Å². The zero-order valence-electron chi connectivity index (χ0n) is 19.4. The maximum absolute atomic E-state index is 13.3. The van der Waals surface area contributed by atoms with Crippen LogP contribution >= 0.6 is 23.2 Å². The van der Waals surface area contributed by atoms with Crippen molar-refractivity contribution >= 4 is 35.0 Å². The zero-order valence-corrected chi connectivity index (χ0v) is 20.9. The van der Waals surface area contributed by atoms with E-state index >= 15 is 0 Å². The lowest BCUT2D eigenvalue weighted by Gasteiger charge is -2.31. The first kappa shape index (κ1) is 26.0. The van der Waals surface area contributed by atoms with Crippen LogP contribution in [-0.4, -0.2) is 35.4 Å². The number of benzene rings is 2. The molecule has 0 unspecified atom stereocenters. The van der Waals surface area contributed by atoms with Crippen molar-refractivity contribution in [1.29, 1.82) is 0 Å². The fraction of sp³-hybridized carbons (Fsp3) is 0.440. The van der Waals surface area contributed by atoms with E-state index < -0.39 is 6.04 Å². The molecule has 2 rings (SSSR count). The first-order chi connectivity index (χ1) is 15.2. The largest absolute Gasteiger partial charge is 0.483 e. The van der Waals surface area contributed by atoms with E-state index in [0.29, 0.717) is 22.2 Å². The predicted molar refractivity (Wildman–Crippen MR) is 130 cm³/mol. The van der Waals surface area contributed by atoms with Crippen molar-refractivity contribution in [3.8, 4) is 5.75 Å². The molecule has 2 atom stereocenters. The first-order valence-corrected chi connectivity index (χ1v) is 11.7. The van der Waals surface area contributed by atoms with Crippen LogP contribution < -0.4 is 10.1 Å². The van der Waals surface area contributed by atoms with Gasteiger partial charge in [-0.3, -0.25) is 9.59 Å². The van der Waals surface area contributed by atoms with Crippen LogP contribution in [-0.2, 0) is 16.1 Å². The molecule has 2 amide bonds. The fourth-order valence-electron chi connectivity index (χ4n) is 3.28. The highest BCUT2D eigenvalue weighted by atomic mass is 35.5. The highest BCUT2D eigenvalue weighted by Gasteiger charge is 2.29. The minimum Gasteiger partial charge on any atom is -0.483 e. The molecule has 0 aromatic heterocycles. The summed E-state index contributed by atoms with van der Waals surface area (Å²) in [5, 5.41) is 3.83. The Morgan fingerprint density at radius 3 is 2.38 bits per heavy atom. The van der Waals surface area contributed by atoms with Crippen LogP contribution in [0.5, 0.6) is 5.75 Å². The smallest absolute Gasteiger partial charge is 0.261 e. The minimum atomic E-state index is -0.631. The Labute approximate surface area is 201 Å². The molecule has 0 heterocycles. The van der Waals surface area contributed by atoms with Gasteiger partial charge >= 0.3 is 0 Å². The van der Waals surface area contributed by atoms with Crippen LogP contribution in [0.3, 0.4) is 0 Å². The van der Waals surface area contributed by atoms with Crippen LogP contribution in [0.25, 0.3) is 0 Å². The molecule has 0 aliphatic carbocycles. The predicted octanol–water partition coefficient (Wildman–Crippen LogP) is 5.71. The molecule has 32 heavy (non-hydrogen) atoms. The molecule has 0 bridgehead atoms. The Morgan fingerprint density at radius 1 is 1.03 bits per heavy atom. The Bertz CT molecular complexity index is 949. The molecule has 0 aliphatic heterocycles. The molecule has 0 saturated heterocycles. The molecule has 0 aliphatic rings. The Hall–Kier alpha value is -2.24. The highest BCUT2D eigenvalue weighted by molar-refractivity contribution is 6.42. The summed E-state index contributed by atoms with van der Waals surface area (Å²) in [6, 6.07) is 10.4. The third-order valence-corrected chi connectivity index (χ3v) is 6.16. The number of nitrogens with one attached hydrogen (secondary N) is 1. The standard InChI is InChI=1S/C25H32Cl2N2O3/c1-6-18(5)28-25(31)22(7-2)29(14-19-10-11-20(26)21(27)13-19)24(30)15-32-23-12-16(3)8-9-17(23)4/h8-13,18,22H,6-7,14-15H2,1-5H3,(H,28,31)/t18-,22-/m0/s1. The number of carbonyl (C=O) groups is 2. The number of halogens is 2. The van der Waals surface area contributed by atoms with E-state index in [1.165, 1.54) is 0 Å². The molecule has 2 aromatic rings. The normalized spacial score (nSPS) is 12.7. The molecule has 0 fully saturated rings. The lowest BCUT2D eigenvalue weighted by atomic mass is 10.1. The molecule has 0 saturated carbocycles. The second-order valence-electron chi connectivity index (χ2n) is 8.07. The van der Waals surface area contributed by atoms with E-state index in [-0.39, 0.29) is 31.0 Å². The summed E-state index contributed by atoms with van der Waals surface area (Å²) in [4.78, 5) is 27.8. The van der Waals surface area contributed by atoms with Crippen molar-refractivity contribution in [3.05, 3.63) is 63.1 Å². The number of nitrogens with zero attached hydrogens (tertiary/aromatic N) is 1. The summed E-state index contributed by atoms with van der Waals surface area (Å²) in [5.41, 5.74) is 2.78.